The highest BCUT2D eigenvalue weighted by Gasteiger charge is 2.00. The summed E-state index contributed by atoms with van der Waals surface area (Å²) in [5, 5.41) is 8.06. The number of nitrogens with zero attached hydrogens (tertiary/aromatic N) is 1. The van der Waals surface area contributed by atoms with Crippen molar-refractivity contribution >= 4 is 44.6 Å². The van der Waals surface area contributed by atoms with Crippen molar-refractivity contribution in [3.8, 4) is 0 Å². The van der Waals surface area contributed by atoms with E-state index in [2.05, 4.69) is 15.0 Å². The zero-order valence-electron chi connectivity index (χ0n) is 10.1. The number of hydrogen-bond acceptors (Lipinski definition) is 4. The van der Waals surface area contributed by atoms with E-state index in [-0.39, 0.29) is 0 Å². The number of thiocarbonyl (C=S) groups is 1. The van der Waals surface area contributed by atoms with Crippen molar-refractivity contribution < 1.29 is 4.74 Å². The van der Waals surface area contributed by atoms with Gasteiger partial charge < -0.3 is 15.4 Å². The molecule has 0 spiro atoms. The number of benzene rings is 1. The first kappa shape index (κ1) is 13.2. The summed E-state index contributed by atoms with van der Waals surface area (Å²) in [6, 6.07) is 6.09. The summed E-state index contributed by atoms with van der Waals surface area (Å²) in [4.78, 5) is 0. The summed E-state index contributed by atoms with van der Waals surface area (Å²) >= 11 is 6.71. The largest absolute Gasteiger partial charge is 0.385 e. The SMILES string of the molecule is COCCCNC(=S)Nc1ccc2sncc2c1. The van der Waals surface area contributed by atoms with Crippen LogP contribution in [0.2, 0.25) is 0 Å². The van der Waals surface area contributed by atoms with E-state index in [4.69, 9.17) is 17.0 Å². The number of methoxy groups -OCH3 is 1. The van der Waals surface area contributed by atoms with E-state index in [0.29, 0.717) is 5.11 Å². The average Bonchev–Trinajstić information content (AvgIpc) is 2.82. The lowest BCUT2D eigenvalue weighted by atomic mass is 10.2. The maximum absolute atomic E-state index is 5.21. The first-order valence-corrected chi connectivity index (χ1v) is 6.86. The van der Waals surface area contributed by atoms with Crippen LogP contribution >= 0.6 is 23.8 Å². The molecule has 0 unspecified atom stereocenters. The van der Waals surface area contributed by atoms with Crippen LogP contribution in [0.4, 0.5) is 5.69 Å². The minimum Gasteiger partial charge on any atom is -0.385 e. The second-order valence-corrected chi connectivity index (χ2v) is 5.05. The summed E-state index contributed by atoms with van der Waals surface area (Å²) in [5.74, 6) is 0. The predicted molar refractivity (Wildman–Crippen MR) is 80.3 cm³/mol. The van der Waals surface area contributed by atoms with Gasteiger partial charge in [0.15, 0.2) is 5.11 Å². The summed E-state index contributed by atoms with van der Waals surface area (Å²) < 4.78 is 10.3. The Morgan fingerprint density at radius 2 is 2.39 bits per heavy atom. The van der Waals surface area contributed by atoms with Gasteiger partial charge in [-0.15, -0.1) is 0 Å². The van der Waals surface area contributed by atoms with E-state index >= 15 is 0 Å². The van der Waals surface area contributed by atoms with Gasteiger partial charge in [-0.25, -0.2) is 0 Å². The molecule has 2 rings (SSSR count). The second kappa shape index (κ2) is 6.63. The van der Waals surface area contributed by atoms with Crippen molar-refractivity contribution in [2.45, 2.75) is 6.42 Å². The molecule has 0 aliphatic carbocycles. The predicted octanol–water partition coefficient (Wildman–Crippen LogP) is 2.62. The molecule has 0 fully saturated rings. The number of rotatable bonds is 5. The third-order valence-corrected chi connectivity index (χ3v) is 3.45. The molecule has 2 N–H and O–H groups in total. The fraction of sp³-hybridized carbons (Fsp3) is 0.333. The molecule has 0 amide bonds. The lowest BCUT2D eigenvalue weighted by molar-refractivity contribution is 0.196. The van der Waals surface area contributed by atoms with E-state index in [1.807, 2.05) is 24.4 Å². The number of hydrogen-bond donors (Lipinski definition) is 2. The molecular weight excluding hydrogens is 266 g/mol. The number of aromatic nitrogens is 1. The Hall–Kier alpha value is -1.24. The van der Waals surface area contributed by atoms with Gasteiger partial charge in [0.1, 0.15) is 0 Å². The quantitative estimate of drug-likeness (QED) is 0.651. The average molecular weight is 281 g/mol. The molecule has 0 aliphatic rings. The van der Waals surface area contributed by atoms with Gasteiger partial charge in [0, 0.05) is 37.5 Å². The molecule has 2 aromatic rings. The number of nitrogens with one attached hydrogen (secondary N) is 2. The van der Waals surface area contributed by atoms with Gasteiger partial charge in [0.05, 0.1) is 4.70 Å². The first-order valence-electron chi connectivity index (χ1n) is 5.68. The number of anilines is 1. The molecule has 1 aromatic heterocycles. The van der Waals surface area contributed by atoms with E-state index in [1.54, 1.807) is 7.11 Å². The highest BCUT2D eigenvalue weighted by molar-refractivity contribution is 7.80. The van der Waals surface area contributed by atoms with Gasteiger partial charge >= 0.3 is 0 Å². The van der Waals surface area contributed by atoms with Gasteiger partial charge in [0.2, 0.25) is 0 Å². The summed E-state index contributed by atoms with van der Waals surface area (Å²) in [5.41, 5.74) is 0.979. The Morgan fingerprint density at radius 3 is 3.22 bits per heavy atom. The Labute approximate surface area is 116 Å². The summed E-state index contributed by atoms with van der Waals surface area (Å²) in [7, 11) is 1.70. The van der Waals surface area contributed by atoms with Gasteiger partial charge in [-0.1, -0.05) is 0 Å². The first-order chi connectivity index (χ1) is 8.79. The maximum atomic E-state index is 5.21. The molecule has 96 valence electrons. The van der Waals surface area contributed by atoms with Crippen LogP contribution in [-0.4, -0.2) is 29.7 Å². The minimum atomic E-state index is 0.633. The highest BCUT2D eigenvalue weighted by Crippen LogP contribution is 2.21. The van der Waals surface area contributed by atoms with Crippen LogP contribution in [-0.2, 0) is 4.74 Å². The van der Waals surface area contributed by atoms with Gasteiger partial charge in [-0.05, 0) is 48.4 Å². The van der Waals surface area contributed by atoms with Crippen LogP contribution in [0.3, 0.4) is 0 Å². The molecular formula is C12H15N3OS2. The molecule has 6 heteroatoms. The zero-order valence-corrected chi connectivity index (χ0v) is 11.7. The van der Waals surface area contributed by atoms with Crippen molar-refractivity contribution in [1.82, 2.24) is 9.69 Å². The Kier molecular flexibility index (Phi) is 4.86. The second-order valence-electron chi connectivity index (χ2n) is 3.81. The molecule has 1 heterocycles. The summed E-state index contributed by atoms with van der Waals surface area (Å²) in [6.45, 7) is 1.55. The fourth-order valence-electron chi connectivity index (χ4n) is 1.54. The topological polar surface area (TPSA) is 46.2 Å². The third kappa shape index (κ3) is 3.63. The fourth-order valence-corrected chi connectivity index (χ4v) is 2.39. The van der Waals surface area contributed by atoms with Crippen molar-refractivity contribution in [2.24, 2.45) is 0 Å². The van der Waals surface area contributed by atoms with E-state index in [1.165, 1.54) is 16.2 Å². The lowest BCUT2D eigenvalue weighted by Gasteiger charge is -2.10. The highest BCUT2D eigenvalue weighted by atomic mass is 32.1. The van der Waals surface area contributed by atoms with Crippen molar-refractivity contribution in [1.29, 1.82) is 0 Å². The minimum absolute atomic E-state index is 0.633. The summed E-state index contributed by atoms with van der Waals surface area (Å²) in [6.07, 6.45) is 2.80. The molecule has 1 aromatic carbocycles. The monoisotopic (exact) mass is 281 g/mol. The molecule has 4 nitrogen and oxygen atoms in total. The van der Waals surface area contributed by atoms with Crippen LogP contribution in [0.15, 0.2) is 24.4 Å². The van der Waals surface area contributed by atoms with Gasteiger partial charge in [-0.2, -0.15) is 4.37 Å². The smallest absolute Gasteiger partial charge is 0.170 e. The van der Waals surface area contributed by atoms with Gasteiger partial charge in [0.25, 0.3) is 0 Å². The number of ether oxygens (including phenoxy) is 1. The van der Waals surface area contributed by atoms with Crippen molar-refractivity contribution in [3.63, 3.8) is 0 Å². The van der Waals surface area contributed by atoms with Crippen molar-refractivity contribution in [2.75, 3.05) is 25.6 Å². The molecule has 0 aliphatic heterocycles. The Balaban J connectivity index is 1.86. The van der Waals surface area contributed by atoms with Crippen LogP contribution in [0.1, 0.15) is 6.42 Å². The molecule has 0 saturated heterocycles. The van der Waals surface area contributed by atoms with Crippen LogP contribution in [0.5, 0.6) is 0 Å². The maximum Gasteiger partial charge on any atom is 0.170 e. The standard InChI is InChI=1S/C12H15N3OS2/c1-16-6-2-5-13-12(17)15-10-3-4-11-9(7-10)8-14-18-11/h3-4,7-8H,2,5-6H2,1H3,(H2,13,15,17). The molecule has 0 atom stereocenters. The Bertz CT molecular complexity index is 527. The van der Waals surface area contributed by atoms with Crippen LogP contribution < -0.4 is 10.6 Å². The van der Waals surface area contributed by atoms with Crippen molar-refractivity contribution in [3.05, 3.63) is 24.4 Å². The molecule has 0 bridgehead atoms. The molecule has 0 radical (unpaired) electrons. The number of fused-ring (bicyclic) bond motifs is 1. The van der Waals surface area contributed by atoms with E-state index in [0.717, 1.165) is 30.6 Å². The lowest BCUT2D eigenvalue weighted by Crippen LogP contribution is -2.29. The van der Waals surface area contributed by atoms with Crippen LogP contribution in [0.25, 0.3) is 10.1 Å². The van der Waals surface area contributed by atoms with Gasteiger partial charge in [-0.3, -0.25) is 0 Å². The van der Waals surface area contributed by atoms with E-state index in [9.17, 15) is 0 Å². The molecule has 18 heavy (non-hydrogen) atoms. The van der Waals surface area contributed by atoms with Crippen LogP contribution in [0, 0.1) is 0 Å². The third-order valence-electron chi connectivity index (χ3n) is 2.42. The Morgan fingerprint density at radius 1 is 1.50 bits per heavy atom. The normalized spacial score (nSPS) is 10.5. The zero-order chi connectivity index (χ0) is 12.8. The molecule has 0 saturated carbocycles. The van der Waals surface area contributed by atoms with E-state index < -0.39 is 0 Å².